The van der Waals surface area contributed by atoms with Gasteiger partial charge in [0.15, 0.2) is 0 Å². The SMILES string of the molecule is N.N#CSSSC#N. The van der Waals surface area contributed by atoms with Gasteiger partial charge in [0.25, 0.3) is 0 Å². The summed E-state index contributed by atoms with van der Waals surface area (Å²) in [6.07, 6.45) is 0. The Balaban J connectivity index is 0. The maximum Gasteiger partial charge on any atom is 0.145 e. The fourth-order valence-corrected chi connectivity index (χ4v) is 1.28. The highest BCUT2D eigenvalue weighted by molar-refractivity contribution is 9.11. The van der Waals surface area contributed by atoms with E-state index in [1.54, 1.807) is 0 Å². The molecule has 0 aromatic rings. The van der Waals surface area contributed by atoms with Crippen molar-refractivity contribution >= 4 is 31.4 Å². The molecule has 0 atom stereocenters. The van der Waals surface area contributed by atoms with Gasteiger partial charge in [-0.25, -0.2) is 0 Å². The molecule has 0 amide bonds. The largest absolute Gasteiger partial charge is 0.344 e. The van der Waals surface area contributed by atoms with Gasteiger partial charge < -0.3 is 6.15 Å². The molecular weight excluding hydrogens is 162 g/mol. The molecule has 44 valence electrons. The molecule has 0 aliphatic carbocycles. The average Bonchev–Trinajstić information content (AvgIpc) is 1.69. The quantitative estimate of drug-likeness (QED) is 0.383. The second-order valence-electron chi connectivity index (χ2n) is 0.417. The second kappa shape index (κ2) is 10.1. The normalized spacial score (nSPS) is 5.75. The Morgan fingerprint density at radius 3 is 1.62 bits per heavy atom. The van der Waals surface area contributed by atoms with Gasteiger partial charge >= 0.3 is 0 Å². The lowest BCUT2D eigenvalue weighted by Crippen LogP contribution is -1.31. The zero-order chi connectivity index (χ0) is 5.54. The molecule has 0 saturated heterocycles. The Bertz CT molecular complexity index is 96.7. The van der Waals surface area contributed by atoms with E-state index in [1.165, 1.54) is 0 Å². The van der Waals surface area contributed by atoms with Crippen LogP contribution in [-0.4, -0.2) is 0 Å². The number of thiocyanates is 2. The molecule has 3 nitrogen and oxygen atoms in total. The van der Waals surface area contributed by atoms with Crippen LogP contribution in [0.1, 0.15) is 0 Å². The molecule has 0 spiro atoms. The van der Waals surface area contributed by atoms with E-state index in [0.717, 1.165) is 31.4 Å². The van der Waals surface area contributed by atoms with Crippen LogP contribution in [0.4, 0.5) is 0 Å². The molecule has 0 rings (SSSR count). The van der Waals surface area contributed by atoms with E-state index in [0.29, 0.717) is 0 Å². The van der Waals surface area contributed by atoms with Gasteiger partial charge in [-0.15, -0.1) is 0 Å². The molecule has 0 aliphatic rings. The van der Waals surface area contributed by atoms with E-state index in [-0.39, 0.29) is 6.15 Å². The Morgan fingerprint density at radius 2 is 1.38 bits per heavy atom. The highest BCUT2D eigenvalue weighted by Gasteiger charge is 1.81. The number of hydrogen-bond donors (Lipinski definition) is 1. The number of rotatable bonds is 2. The lowest BCUT2D eigenvalue weighted by Gasteiger charge is -1.72. The van der Waals surface area contributed by atoms with Crippen LogP contribution in [0.2, 0.25) is 0 Å². The first-order valence-corrected chi connectivity index (χ1v) is 4.67. The van der Waals surface area contributed by atoms with Crippen molar-refractivity contribution < 1.29 is 0 Å². The summed E-state index contributed by atoms with van der Waals surface area (Å²) in [5.41, 5.74) is 0. The Kier molecular flexibility index (Phi) is 13.7. The van der Waals surface area contributed by atoms with Crippen molar-refractivity contribution in [2.75, 3.05) is 0 Å². The van der Waals surface area contributed by atoms with E-state index in [2.05, 4.69) is 0 Å². The summed E-state index contributed by atoms with van der Waals surface area (Å²) in [6.45, 7) is 0. The molecule has 0 aromatic heterocycles. The minimum absolute atomic E-state index is 0. The van der Waals surface area contributed by atoms with Gasteiger partial charge in [0.05, 0.1) is 0 Å². The van der Waals surface area contributed by atoms with Gasteiger partial charge in [-0.05, 0) is 0 Å². The van der Waals surface area contributed by atoms with Crippen LogP contribution >= 0.6 is 31.4 Å². The van der Waals surface area contributed by atoms with Gasteiger partial charge in [-0.3, -0.25) is 0 Å². The first-order chi connectivity index (χ1) is 3.41. The lowest BCUT2D eigenvalue weighted by atomic mass is 11.8. The first-order valence-electron chi connectivity index (χ1n) is 1.19. The van der Waals surface area contributed by atoms with Crippen molar-refractivity contribution in [1.29, 1.82) is 10.5 Å². The summed E-state index contributed by atoms with van der Waals surface area (Å²) >= 11 is 0. The molecule has 0 radical (unpaired) electrons. The van der Waals surface area contributed by atoms with Gasteiger partial charge in [0, 0.05) is 31.4 Å². The van der Waals surface area contributed by atoms with Crippen LogP contribution in [0, 0.1) is 21.3 Å². The van der Waals surface area contributed by atoms with Gasteiger partial charge in [0.1, 0.15) is 10.8 Å². The summed E-state index contributed by atoms with van der Waals surface area (Å²) in [5, 5.41) is 19.3. The van der Waals surface area contributed by atoms with Crippen molar-refractivity contribution in [2.24, 2.45) is 0 Å². The number of nitriles is 2. The molecule has 8 heavy (non-hydrogen) atoms. The predicted molar refractivity (Wildman–Crippen MR) is 39.0 cm³/mol. The third-order valence-corrected chi connectivity index (χ3v) is 2.51. The molecule has 3 N–H and O–H groups in total. The van der Waals surface area contributed by atoms with Crippen molar-refractivity contribution in [3.63, 3.8) is 0 Å². The molecule has 0 aliphatic heterocycles. The molecule has 0 fully saturated rings. The van der Waals surface area contributed by atoms with Gasteiger partial charge in [-0.1, -0.05) is 0 Å². The highest BCUT2D eigenvalue weighted by Crippen LogP contribution is 2.31. The Hall–Kier alpha value is -0.01000. The van der Waals surface area contributed by atoms with Crippen LogP contribution < -0.4 is 6.15 Å². The monoisotopic (exact) mass is 165 g/mol. The first kappa shape index (κ1) is 10.9. The Morgan fingerprint density at radius 1 is 1.00 bits per heavy atom. The number of hydrogen-bond acceptors (Lipinski definition) is 6. The van der Waals surface area contributed by atoms with Crippen molar-refractivity contribution in [3.8, 4) is 10.8 Å². The fraction of sp³-hybridized carbons (Fsp3) is 0. The van der Waals surface area contributed by atoms with Crippen LogP contribution in [-0.2, 0) is 0 Å². The maximum atomic E-state index is 7.86. The minimum atomic E-state index is 0. The van der Waals surface area contributed by atoms with E-state index in [9.17, 15) is 0 Å². The highest BCUT2D eigenvalue weighted by atomic mass is 33.5. The third-order valence-electron chi connectivity index (χ3n) is 0.143. The second-order valence-corrected chi connectivity index (χ2v) is 3.88. The molecule has 0 unspecified atom stereocenters. The third kappa shape index (κ3) is 9.37. The topological polar surface area (TPSA) is 82.6 Å². The Labute approximate surface area is 59.2 Å². The van der Waals surface area contributed by atoms with Crippen LogP contribution in [0.25, 0.3) is 0 Å². The smallest absolute Gasteiger partial charge is 0.145 e. The summed E-state index contributed by atoms with van der Waals surface area (Å²) in [5.74, 6) is 0. The van der Waals surface area contributed by atoms with Crippen molar-refractivity contribution in [2.45, 2.75) is 0 Å². The zero-order valence-electron chi connectivity index (χ0n) is 3.83. The van der Waals surface area contributed by atoms with E-state index < -0.39 is 0 Å². The molecule has 0 aromatic carbocycles. The maximum absolute atomic E-state index is 7.86. The van der Waals surface area contributed by atoms with E-state index >= 15 is 0 Å². The van der Waals surface area contributed by atoms with Crippen molar-refractivity contribution in [3.05, 3.63) is 0 Å². The van der Waals surface area contributed by atoms with Crippen LogP contribution in [0.3, 0.4) is 0 Å². The van der Waals surface area contributed by atoms with Crippen LogP contribution in [0.5, 0.6) is 0 Å². The van der Waals surface area contributed by atoms with Gasteiger partial charge in [-0.2, -0.15) is 10.5 Å². The predicted octanol–water partition coefficient (Wildman–Crippen LogP) is 2.14. The van der Waals surface area contributed by atoms with E-state index in [4.69, 9.17) is 10.5 Å². The molecule has 0 heterocycles. The van der Waals surface area contributed by atoms with E-state index in [1.807, 2.05) is 10.8 Å². The van der Waals surface area contributed by atoms with Gasteiger partial charge in [0.2, 0.25) is 0 Å². The zero-order valence-corrected chi connectivity index (χ0v) is 6.28. The summed E-state index contributed by atoms with van der Waals surface area (Å²) < 4.78 is 0. The minimum Gasteiger partial charge on any atom is -0.344 e. The van der Waals surface area contributed by atoms with Crippen molar-refractivity contribution in [1.82, 2.24) is 6.15 Å². The molecule has 6 heteroatoms. The lowest BCUT2D eigenvalue weighted by molar-refractivity contribution is 1.57. The fourth-order valence-electron chi connectivity index (χ4n) is 0.0474. The summed E-state index contributed by atoms with van der Waals surface area (Å²) in [7, 11) is 3.16. The molecular formula is C2H3N3S3. The van der Waals surface area contributed by atoms with Crippen LogP contribution in [0.15, 0.2) is 0 Å². The number of nitrogens with zero attached hydrogens (tertiary/aromatic N) is 2. The standard InChI is InChI=1S/C2N2S3.H3N/c3-1-5-7-6-2-4;/h;1H3. The molecule has 0 bridgehead atoms. The summed E-state index contributed by atoms with van der Waals surface area (Å²) in [4.78, 5) is 0. The molecule has 0 saturated carbocycles. The summed E-state index contributed by atoms with van der Waals surface area (Å²) in [6, 6.07) is 0. The average molecular weight is 165 g/mol.